The molecule has 0 aliphatic carbocycles. The van der Waals surface area contributed by atoms with Gasteiger partial charge in [0.15, 0.2) is 6.10 Å². The topological polar surface area (TPSA) is 43.4 Å². The number of esters is 1. The van der Waals surface area contributed by atoms with Crippen LogP contribution in [0.5, 0.6) is 0 Å². The van der Waals surface area contributed by atoms with Gasteiger partial charge in [-0.2, -0.15) is 0 Å². The van der Waals surface area contributed by atoms with Crippen LogP contribution in [-0.4, -0.2) is 17.9 Å². The summed E-state index contributed by atoms with van der Waals surface area (Å²) >= 11 is 0. The number of carbonyl (C=O) groups excluding carboxylic acids is 2. The van der Waals surface area contributed by atoms with Gasteiger partial charge in [0.25, 0.3) is 0 Å². The minimum atomic E-state index is -0.717. The highest BCUT2D eigenvalue weighted by atomic mass is 16.5. The van der Waals surface area contributed by atoms with E-state index in [9.17, 15) is 9.59 Å². The second kappa shape index (κ2) is 4.73. The predicted molar refractivity (Wildman–Crippen MR) is 56.7 cm³/mol. The molecule has 0 aliphatic rings. The fraction of sp³-hybridized carbons (Fsp3) is 0.333. The van der Waals surface area contributed by atoms with Crippen LogP contribution in [0.1, 0.15) is 29.8 Å². The molecule has 1 aromatic rings. The Bertz CT molecular complexity index is 365. The highest BCUT2D eigenvalue weighted by Crippen LogP contribution is 2.08. The molecule has 0 saturated carbocycles. The van der Waals surface area contributed by atoms with Crippen LogP contribution in [0.4, 0.5) is 0 Å². The highest BCUT2D eigenvalue weighted by Gasteiger charge is 2.17. The summed E-state index contributed by atoms with van der Waals surface area (Å²) in [5.41, 5.74) is 1.65. The van der Waals surface area contributed by atoms with Gasteiger partial charge in [-0.05, 0) is 13.8 Å². The quantitative estimate of drug-likeness (QED) is 0.562. The summed E-state index contributed by atoms with van der Waals surface area (Å²) < 4.78 is 4.81. The van der Waals surface area contributed by atoms with Crippen LogP contribution < -0.4 is 0 Å². The number of ether oxygens (including phenoxy) is 1. The third-order valence-electron chi connectivity index (χ3n) is 2.05. The van der Waals surface area contributed by atoms with Crippen LogP contribution in [0.2, 0.25) is 0 Å². The van der Waals surface area contributed by atoms with Crippen molar-refractivity contribution >= 4 is 11.8 Å². The molecule has 0 aromatic heterocycles. The smallest absolute Gasteiger partial charge is 0.303 e. The van der Waals surface area contributed by atoms with E-state index in [0.29, 0.717) is 5.56 Å². The summed E-state index contributed by atoms with van der Waals surface area (Å²) in [6.07, 6.45) is -0.717. The zero-order valence-electron chi connectivity index (χ0n) is 9.11. The average Bonchev–Trinajstić information content (AvgIpc) is 2.17. The van der Waals surface area contributed by atoms with Crippen molar-refractivity contribution in [1.29, 1.82) is 0 Å². The van der Waals surface area contributed by atoms with Gasteiger partial charge in [-0.1, -0.05) is 29.8 Å². The van der Waals surface area contributed by atoms with Crippen LogP contribution in [0, 0.1) is 6.92 Å². The summed E-state index contributed by atoms with van der Waals surface area (Å²) in [7, 11) is 0. The Morgan fingerprint density at radius 1 is 1.20 bits per heavy atom. The Kier molecular flexibility index (Phi) is 3.61. The molecular weight excluding hydrogens is 192 g/mol. The van der Waals surface area contributed by atoms with Crippen molar-refractivity contribution in [1.82, 2.24) is 0 Å². The van der Waals surface area contributed by atoms with Gasteiger partial charge in [0, 0.05) is 12.5 Å². The lowest BCUT2D eigenvalue weighted by Crippen LogP contribution is -2.23. The standard InChI is InChI=1S/C12H14O3/c1-8-4-6-11(7-5-8)12(14)9(2)15-10(3)13/h4-7,9H,1-3H3/t9-/m1/s1. The zero-order chi connectivity index (χ0) is 11.4. The lowest BCUT2D eigenvalue weighted by molar-refractivity contribution is -0.143. The van der Waals surface area contributed by atoms with Crippen LogP contribution >= 0.6 is 0 Å². The predicted octanol–water partition coefficient (Wildman–Crippen LogP) is 2.13. The molecule has 0 unspecified atom stereocenters. The van der Waals surface area contributed by atoms with Crippen LogP contribution in [0.3, 0.4) is 0 Å². The van der Waals surface area contributed by atoms with E-state index in [1.807, 2.05) is 19.1 Å². The number of Topliss-reactive ketones (excluding diaryl/α,β-unsaturated/α-hetero) is 1. The summed E-state index contributed by atoms with van der Waals surface area (Å²) in [4.78, 5) is 22.4. The number of carbonyl (C=O) groups is 2. The van der Waals surface area contributed by atoms with Gasteiger partial charge in [-0.15, -0.1) is 0 Å². The number of hydrogen-bond donors (Lipinski definition) is 0. The van der Waals surface area contributed by atoms with Crippen molar-refractivity contribution in [2.75, 3.05) is 0 Å². The molecule has 0 spiro atoms. The Morgan fingerprint density at radius 2 is 1.73 bits per heavy atom. The monoisotopic (exact) mass is 206 g/mol. The molecule has 0 bridgehead atoms. The largest absolute Gasteiger partial charge is 0.454 e. The van der Waals surface area contributed by atoms with Crippen molar-refractivity contribution in [3.8, 4) is 0 Å². The van der Waals surface area contributed by atoms with Gasteiger partial charge in [0.2, 0.25) is 5.78 Å². The first kappa shape index (κ1) is 11.4. The van der Waals surface area contributed by atoms with Gasteiger partial charge < -0.3 is 4.74 Å². The Balaban J connectivity index is 2.76. The number of ketones is 1. The SMILES string of the molecule is CC(=O)O[C@H](C)C(=O)c1ccc(C)cc1. The maximum absolute atomic E-state index is 11.7. The molecule has 1 aromatic carbocycles. The molecule has 0 fully saturated rings. The van der Waals surface area contributed by atoms with Crippen LogP contribution in [0.15, 0.2) is 24.3 Å². The molecule has 0 aliphatic heterocycles. The molecule has 0 heterocycles. The molecule has 3 heteroatoms. The van der Waals surface area contributed by atoms with Crippen LogP contribution in [-0.2, 0) is 9.53 Å². The Hall–Kier alpha value is -1.64. The van der Waals surface area contributed by atoms with Crippen LogP contribution in [0.25, 0.3) is 0 Å². The fourth-order valence-corrected chi connectivity index (χ4v) is 1.26. The van der Waals surface area contributed by atoms with E-state index in [-0.39, 0.29) is 5.78 Å². The molecule has 1 atom stereocenters. The van der Waals surface area contributed by atoms with Crippen molar-refractivity contribution in [2.45, 2.75) is 26.9 Å². The van der Waals surface area contributed by atoms with Crippen molar-refractivity contribution in [3.63, 3.8) is 0 Å². The minimum absolute atomic E-state index is 0.176. The first-order chi connectivity index (χ1) is 7.00. The van der Waals surface area contributed by atoms with E-state index in [4.69, 9.17) is 4.74 Å². The molecule has 3 nitrogen and oxygen atoms in total. The Morgan fingerprint density at radius 3 is 2.20 bits per heavy atom. The van der Waals surface area contributed by atoms with Gasteiger partial charge in [0.05, 0.1) is 0 Å². The van der Waals surface area contributed by atoms with Gasteiger partial charge >= 0.3 is 5.97 Å². The van der Waals surface area contributed by atoms with E-state index in [1.165, 1.54) is 6.92 Å². The minimum Gasteiger partial charge on any atom is -0.454 e. The van der Waals surface area contributed by atoms with Crippen molar-refractivity contribution < 1.29 is 14.3 Å². The lowest BCUT2D eigenvalue weighted by Gasteiger charge is -2.10. The van der Waals surface area contributed by atoms with E-state index < -0.39 is 12.1 Å². The molecule has 80 valence electrons. The maximum Gasteiger partial charge on any atom is 0.303 e. The van der Waals surface area contributed by atoms with Gasteiger partial charge in [0.1, 0.15) is 0 Å². The van der Waals surface area contributed by atoms with E-state index in [2.05, 4.69) is 0 Å². The fourth-order valence-electron chi connectivity index (χ4n) is 1.26. The zero-order valence-corrected chi connectivity index (χ0v) is 9.11. The number of benzene rings is 1. The second-order valence-electron chi connectivity index (χ2n) is 3.48. The van der Waals surface area contributed by atoms with E-state index in [1.54, 1.807) is 19.1 Å². The normalized spacial score (nSPS) is 11.9. The first-order valence-electron chi connectivity index (χ1n) is 4.79. The lowest BCUT2D eigenvalue weighted by atomic mass is 10.1. The number of rotatable bonds is 3. The van der Waals surface area contributed by atoms with E-state index >= 15 is 0 Å². The summed E-state index contributed by atoms with van der Waals surface area (Å²) in [5, 5.41) is 0. The van der Waals surface area contributed by atoms with Crippen molar-refractivity contribution in [2.24, 2.45) is 0 Å². The number of hydrogen-bond acceptors (Lipinski definition) is 3. The van der Waals surface area contributed by atoms with E-state index in [0.717, 1.165) is 5.56 Å². The third-order valence-corrected chi connectivity index (χ3v) is 2.05. The van der Waals surface area contributed by atoms with Gasteiger partial charge in [-0.3, -0.25) is 9.59 Å². The average molecular weight is 206 g/mol. The van der Waals surface area contributed by atoms with Gasteiger partial charge in [-0.25, -0.2) is 0 Å². The molecule has 1 rings (SSSR count). The molecule has 0 amide bonds. The third kappa shape index (κ3) is 3.20. The molecule has 0 radical (unpaired) electrons. The number of aryl methyl sites for hydroxylation is 1. The summed E-state index contributed by atoms with van der Waals surface area (Å²) in [5.74, 6) is -0.617. The highest BCUT2D eigenvalue weighted by molar-refractivity contribution is 6.00. The second-order valence-corrected chi connectivity index (χ2v) is 3.48. The Labute approximate surface area is 89.1 Å². The summed E-state index contributed by atoms with van der Waals surface area (Å²) in [6.45, 7) is 4.81. The molecule has 0 N–H and O–H groups in total. The molecule has 0 saturated heterocycles. The maximum atomic E-state index is 11.7. The summed E-state index contributed by atoms with van der Waals surface area (Å²) in [6, 6.07) is 7.18. The van der Waals surface area contributed by atoms with Crippen molar-refractivity contribution in [3.05, 3.63) is 35.4 Å². The first-order valence-corrected chi connectivity index (χ1v) is 4.79. The molecular formula is C12H14O3. The molecule has 15 heavy (non-hydrogen) atoms.